The Bertz CT molecular complexity index is 1370. The van der Waals surface area contributed by atoms with Crippen LogP contribution >= 0.6 is 0 Å². The minimum absolute atomic E-state index is 0.552. The van der Waals surface area contributed by atoms with E-state index in [9.17, 15) is 0 Å². The molecule has 2 bridgehead atoms. The van der Waals surface area contributed by atoms with Crippen molar-refractivity contribution in [3.05, 3.63) is 167 Å². The van der Waals surface area contributed by atoms with Gasteiger partial charge in [0.25, 0.3) is 0 Å². The molecule has 0 nitrogen and oxygen atoms in total. The first-order chi connectivity index (χ1) is 17.9. The lowest BCUT2D eigenvalue weighted by Gasteiger charge is -2.27. The predicted molar refractivity (Wildman–Crippen MR) is 150 cm³/mol. The van der Waals surface area contributed by atoms with Crippen LogP contribution in [0.2, 0.25) is 0 Å². The molecule has 0 heterocycles. The van der Waals surface area contributed by atoms with E-state index < -0.39 is 0 Å². The van der Waals surface area contributed by atoms with Crippen molar-refractivity contribution in [1.29, 1.82) is 0 Å². The van der Waals surface area contributed by atoms with Crippen molar-refractivity contribution in [3.8, 4) is 0 Å². The van der Waals surface area contributed by atoms with E-state index in [4.69, 9.17) is 0 Å². The Morgan fingerprint density at radius 3 is 1.36 bits per heavy atom. The monoisotopic (exact) mass is 462 g/mol. The number of hydrogen-bond acceptors (Lipinski definition) is 0. The van der Waals surface area contributed by atoms with Crippen LogP contribution in [-0.4, -0.2) is 0 Å². The third kappa shape index (κ3) is 3.44. The fraction of sp³-hybridized carbons (Fsp3) is 0.167. The highest BCUT2D eigenvalue weighted by molar-refractivity contribution is 5.87. The Morgan fingerprint density at radius 2 is 0.889 bits per heavy atom. The zero-order valence-electron chi connectivity index (χ0n) is 20.4. The summed E-state index contributed by atoms with van der Waals surface area (Å²) in [6, 6.07) is 44.2. The van der Waals surface area contributed by atoms with Gasteiger partial charge in [-0.2, -0.15) is 0 Å². The van der Waals surface area contributed by atoms with Gasteiger partial charge in [-0.1, -0.05) is 139 Å². The molecule has 3 aliphatic rings. The van der Waals surface area contributed by atoms with Crippen molar-refractivity contribution in [2.24, 2.45) is 23.7 Å². The van der Waals surface area contributed by atoms with E-state index in [2.05, 4.69) is 133 Å². The molecule has 4 atom stereocenters. The average Bonchev–Trinajstić information content (AvgIpc) is 3.64. The van der Waals surface area contributed by atoms with E-state index in [-0.39, 0.29) is 0 Å². The first-order valence-corrected chi connectivity index (χ1v) is 13.3. The molecule has 2 fully saturated rings. The Labute approximate surface area is 214 Å². The minimum Gasteiger partial charge on any atom is -0.0799 e. The van der Waals surface area contributed by atoms with Crippen molar-refractivity contribution in [3.63, 3.8) is 0 Å². The van der Waals surface area contributed by atoms with Gasteiger partial charge in [-0.15, -0.1) is 0 Å². The molecule has 7 rings (SSSR count). The van der Waals surface area contributed by atoms with Gasteiger partial charge in [0, 0.05) is 0 Å². The molecule has 174 valence electrons. The topological polar surface area (TPSA) is 0 Å². The first kappa shape index (κ1) is 21.4. The normalized spacial score (nSPS) is 23.7. The fourth-order valence-electron chi connectivity index (χ4n) is 7.28. The van der Waals surface area contributed by atoms with E-state index in [1.54, 1.807) is 5.57 Å². The zero-order chi connectivity index (χ0) is 23.9. The first-order valence-electron chi connectivity index (χ1n) is 13.3. The summed E-state index contributed by atoms with van der Waals surface area (Å²) in [5.74, 6) is 2.36. The molecular formula is C36H30. The molecule has 0 saturated heterocycles. The number of hydrogen-bond donors (Lipinski definition) is 0. The Hall–Kier alpha value is -3.90. The molecule has 0 radical (unpaired) electrons. The third-order valence-electron chi connectivity index (χ3n) is 8.58. The molecule has 4 aromatic carbocycles. The van der Waals surface area contributed by atoms with Crippen molar-refractivity contribution in [2.75, 3.05) is 0 Å². The summed E-state index contributed by atoms with van der Waals surface area (Å²) in [5, 5.41) is 0. The SMILES string of the molecule is C1=C[C@@H]2[C@H](C1=C(c1ccccc1)c1ccccc1)[C@H]1CC[C@H]2C1=C(c1ccccc1)c1ccccc1. The molecule has 2 saturated carbocycles. The van der Waals surface area contributed by atoms with E-state index in [0.717, 1.165) is 0 Å². The predicted octanol–water partition coefficient (Wildman–Crippen LogP) is 8.83. The van der Waals surface area contributed by atoms with E-state index in [0.29, 0.717) is 23.7 Å². The lowest BCUT2D eigenvalue weighted by Crippen LogP contribution is -2.19. The fourth-order valence-corrected chi connectivity index (χ4v) is 7.28. The van der Waals surface area contributed by atoms with E-state index in [1.165, 1.54) is 51.8 Å². The largest absolute Gasteiger partial charge is 0.0799 e. The second kappa shape index (κ2) is 8.95. The smallest absolute Gasteiger partial charge is 0.00208 e. The second-order valence-electron chi connectivity index (χ2n) is 10.4. The standard InChI is InChI=1S/C36H30/c1-5-13-25(14-6-1)33(26-15-7-2-8-16-26)31-23-21-29-30-22-24-32(35(29)31)36(30)34(27-17-9-3-10-18-27)28-19-11-4-12-20-28/h1-21,23,29-30,32,35H,22,24H2/t29-,30+,32+,35+/m0/s1. The summed E-state index contributed by atoms with van der Waals surface area (Å²) in [6.07, 6.45) is 7.60. The van der Waals surface area contributed by atoms with Gasteiger partial charge in [0.05, 0.1) is 0 Å². The summed E-state index contributed by atoms with van der Waals surface area (Å²) < 4.78 is 0. The molecule has 0 N–H and O–H groups in total. The molecule has 36 heavy (non-hydrogen) atoms. The third-order valence-corrected chi connectivity index (χ3v) is 8.58. The maximum atomic E-state index is 2.54. The van der Waals surface area contributed by atoms with E-state index >= 15 is 0 Å². The Kier molecular flexibility index (Phi) is 5.32. The summed E-state index contributed by atoms with van der Waals surface area (Å²) >= 11 is 0. The second-order valence-corrected chi connectivity index (χ2v) is 10.4. The van der Waals surface area contributed by atoms with E-state index in [1.807, 2.05) is 0 Å². The van der Waals surface area contributed by atoms with Crippen LogP contribution in [0.25, 0.3) is 11.1 Å². The van der Waals surface area contributed by atoms with Crippen LogP contribution in [0.3, 0.4) is 0 Å². The van der Waals surface area contributed by atoms with Crippen LogP contribution in [0.15, 0.2) is 145 Å². The molecule has 0 spiro atoms. The van der Waals surface area contributed by atoms with Crippen molar-refractivity contribution in [1.82, 2.24) is 0 Å². The van der Waals surface area contributed by atoms with Gasteiger partial charge in [0.1, 0.15) is 0 Å². The number of benzene rings is 4. The highest BCUT2D eigenvalue weighted by Gasteiger charge is 2.54. The van der Waals surface area contributed by atoms with Gasteiger partial charge >= 0.3 is 0 Å². The molecular weight excluding hydrogens is 432 g/mol. The number of fused-ring (bicyclic) bond motifs is 5. The van der Waals surface area contributed by atoms with Crippen molar-refractivity contribution in [2.45, 2.75) is 12.8 Å². The lowest BCUT2D eigenvalue weighted by molar-refractivity contribution is 0.322. The highest BCUT2D eigenvalue weighted by Crippen LogP contribution is 2.64. The summed E-state index contributed by atoms with van der Waals surface area (Å²) in [4.78, 5) is 0. The van der Waals surface area contributed by atoms with Crippen LogP contribution in [-0.2, 0) is 0 Å². The molecule has 0 amide bonds. The van der Waals surface area contributed by atoms with Crippen molar-refractivity contribution >= 4 is 11.1 Å². The zero-order valence-corrected chi connectivity index (χ0v) is 20.4. The minimum atomic E-state index is 0.552. The number of allylic oxidation sites excluding steroid dienone is 4. The van der Waals surface area contributed by atoms with Gasteiger partial charge in [0.15, 0.2) is 0 Å². The summed E-state index contributed by atoms with van der Waals surface area (Å²) in [5.41, 5.74) is 11.5. The van der Waals surface area contributed by atoms with Gasteiger partial charge in [0.2, 0.25) is 0 Å². The van der Waals surface area contributed by atoms with Gasteiger partial charge in [-0.25, -0.2) is 0 Å². The quantitative estimate of drug-likeness (QED) is 0.284. The molecule has 0 aliphatic heterocycles. The van der Waals surface area contributed by atoms with Gasteiger partial charge in [-0.3, -0.25) is 0 Å². The highest BCUT2D eigenvalue weighted by atomic mass is 14.6. The molecule has 3 aliphatic carbocycles. The van der Waals surface area contributed by atoms with Gasteiger partial charge in [-0.05, 0) is 75.5 Å². The van der Waals surface area contributed by atoms with Crippen LogP contribution in [0.4, 0.5) is 0 Å². The van der Waals surface area contributed by atoms with Gasteiger partial charge < -0.3 is 0 Å². The maximum absolute atomic E-state index is 2.54. The van der Waals surface area contributed by atoms with Crippen molar-refractivity contribution < 1.29 is 0 Å². The molecule has 0 unspecified atom stereocenters. The summed E-state index contributed by atoms with van der Waals surface area (Å²) in [6.45, 7) is 0. The maximum Gasteiger partial charge on any atom is -0.00208 e. The van der Waals surface area contributed by atoms with Crippen LogP contribution in [0.1, 0.15) is 35.1 Å². The Balaban J connectivity index is 1.44. The van der Waals surface area contributed by atoms with Crippen LogP contribution in [0, 0.1) is 23.7 Å². The average molecular weight is 463 g/mol. The van der Waals surface area contributed by atoms with Crippen LogP contribution < -0.4 is 0 Å². The lowest BCUT2D eigenvalue weighted by atomic mass is 9.76. The number of rotatable bonds is 4. The molecule has 0 aromatic heterocycles. The summed E-state index contributed by atoms with van der Waals surface area (Å²) in [7, 11) is 0. The molecule has 0 heteroatoms. The Morgan fingerprint density at radius 1 is 0.472 bits per heavy atom. The molecule has 4 aromatic rings. The van der Waals surface area contributed by atoms with Crippen LogP contribution in [0.5, 0.6) is 0 Å².